The number of quaternary nitrogens is 1. The van der Waals surface area contributed by atoms with Crippen LogP contribution in [-0.2, 0) is 0 Å². The first-order chi connectivity index (χ1) is 9.47. The molecule has 1 amide bonds. The van der Waals surface area contributed by atoms with Crippen molar-refractivity contribution in [3.63, 3.8) is 0 Å². The lowest BCUT2D eigenvalue weighted by atomic mass is 10.1. The smallest absolute Gasteiger partial charge is 0.131 e. The van der Waals surface area contributed by atoms with Crippen molar-refractivity contribution in [3.8, 4) is 0 Å². The van der Waals surface area contributed by atoms with Crippen LogP contribution in [0.1, 0.15) is 59.3 Å². The number of hydrogen-bond donors (Lipinski definition) is 2. The molecule has 0 aromatic carbocycles. The summed E-state index contributed by atoms with van der Waals surface area (Å²) in [5.74, 6) is 0. The molecule has 0 atom stereocenters. The van der Waals surface area contributed by atoms with Gasteiger partial charge in [0.05, 0.1) is 26.2 Å². The Hall–Kier alpha value is -0.0800. The second-order valence-corrected chi connectivity index (χ2v) is 5.34. The highest BCUT2D eigenvalue weighted by molar-refractivity contribution is 14.0. The molecule has 0 spiro atoms. The topological polar surface area (TPSA) is 86.4 Å². The minimum atomic E-state index is -1.58. The maximum atomic E-state index is 9.28. The van der Waals surface area contributed by atoms with Crippen molar-refractivity contribution in [2.45, 2.75) is 59.3 Å². The van der Waals surface area contributed by atoms with Crippen molar-refractivity contribution in [2.24, 2.45) is 5.73 Å². The Balaban J connectivity index is -0.000000572. The number of carbonyl (C=O) groups is 1. The van der Waals surface area contributed by atoms with E-state index in [0.29, 0.717) is 6.61 Å². The molecule has 130 valence electrons. The summed E-state index contributed by atoms with van der Waals surface area (Å²) < 4.78 is 1.16. The van der Waals surface area contributed by atoms with Gasteiger partial charge in [0.2, 0.25) is 0 Å². The second kappa shape index (κ2) is 18.0. The second-order valence-electron chi connectivity index (χ2n) is 5.34. The fourth-order valence-electron chi connectivity index (χ4n) is 2.36. The van der Waals surface area contributed by atoms with Crippen LogP contribution >= 0.6 is 24.0 Å². The fraction of sp³-hybridized carbons (Fsp3) is 0.933. The molecular weight excluding hydrogens is 383 g/mol. The van der Waals surface area contributed by atoms with Crippen LogP contribution in [0.15, 0.2) is 0 Å². The number of aliphatic hydroxyl groups excluding tert-OH is 1. The number of hydrogen-bond acceptors (Lipinski definition) is 3. The molecule has 0 aromatic heterocycles. The third kappa shape index (κ3) is 17.9. The summed E-state index contributed by atoms with van der Waals surface area (Å²) in [6, 6.07) is 0. The van der Waals surface area contributed by atoms with E-state index in [9.17, 15) is 5.11 Å². The van der Waals surface area contributed by atoms with Gasteiger partial charge >= 0.3 is 0 Å². The zero-order valence-electron chi connectivity index (χ0n) is 14.0. The molecule has 21 heavy (non-hydrogen) atoms. The number of carboxylic acid groups (broad SMARTS) is 1. The summed E-state index contributed by atoms with van der Waals surface area (Å²) in [4.78, 5) is 8.67. The highest BCUT2D eigenvalue weighted by Gasteiger charge is 2.24. The Morgan fingerprint density at radius 1 is 0.952 bits per heavy atom. The predicted molar refractivity (Wildman–Crippen MR) is 96.5 cm³/mol. The van der Waals surface area contributed by atoms with E-state index < -0.39 is 6.09 Å². The standard InChI is InChI=1S/C14H32NO.CH3NO2.HI/c1-4-7-10-15(13-14-16,11-8-5-2)12-9-6-3;2-1(3)4;/h16H,4-14H2,1-3H3;2H2,(H,3,4);1H/q+1;;/p-1. The molecule has 0 saturated heterocycles. The Morgan fingerprint density at radius 3 is 1.43 bits per heavy atom. The van der Waals surface area contributed by atoms with Crippen molar-refractivity contribution in [3.05, 3.63) is 0 Å². The summed E-state index contributed by atoms with van der Waals surface area (Å²) in [5, 5.41) is 18.0. The summed E-state index contributed by atoms with van der Waals surface area (Å²) in [6.45, 7) is 11.9. The quantitative estimate of drug-likeness (QED) is 0.398. The highest BCUT2D eigenvalue weighted by atomic mass is 127. The van der Waals surface area contributed by atoms with Crippen molar-refractivity contribution < 1.29 is 19.5 Å². The normalized spacial score (nSPS) is 10.3. The van der Waals surface area contributed by atoms with Gasteiger partial charge in [-0.15, -0.1) is 24.0 Å². The van der Waals surface area contributed by atoms with Gasteiger partial charge in [-0.05, 0) is 19.3 Å². The molecule has 0 unspecified atom stereocenters. The van der Waals surface area contributed by atoms with E-state index in [4.69, 9.17) is 9.90 Å². The number of unbranched alkanes of at least 4 members (excludes halogenated alkanes) is 3. The maximum Gasteiger partial charge on any atom is 0.131 e. The number of rotatable bonds is 11. The summed E-state index contributed by atoms with van der Waals surface area (Å²) in [5.41, 5.74) is 3.92. The van der Waals surface area contributed by atoms with E-state index in [1.165, 1.54) is 58.2 Å². The molecule has 0 heterocycles. The highest BCUT2D eigenvalue weighted by Crippen LogP contribution is 2.14. The van der Waals surface area contributed by atoms with Crippen LogP contribution in [0.25, 0.3) is 0 Å². The van der Waals surface area contributed by atoms with E-state index >= 15 is 0 Å². The van der Waals surface area contributed by atoms with Gasteiger partial charge in [0, 0.05) is 0 Å². The summed E-state index contributed by atoms with van der Waals surface area (Å²) >= 11 is 0. The average molecular weight is 418 g/mol. The van der Waals surface area contributed by atoms with Crippen LogP contribution in [0, 0.1) is 0 Å². The van der Waals surface area contributed by atoms with E-state index in [-0.39, 0.29) is 24.0 Å². The molecule has 0 fully saturated rings. The van der Waals surface area contributed by atoms with Crippen LogP contribution in [-0.4, -0.2) is 48.5 Å². The van der Waals surface area contributed by atoms with Gasteiger partial charge < -0.3 is 25.2 Å². The number of halogens is 1. The van der Waals surface area contributed by atoms with Crippen molar-refractivity contribution in [2.75, 3.05) is 32.8 Å². The van der Waals surface area contributed by atoms with Gasteiger partial charge in [-0.2, -0.15) is 0 Å². The first-order valence-corrected chi connectivity index (χ1v) is 7.90. The van der Waals surface area contributed by atoms with Crippen LogP contribution in [0.4, 0.5) is 4.79 Å². The summed E-state index contributed by atoms with van der Waals surface area (Å²) in [6.07, 6.45) is 6.12. The maximum absolute atomic E-state index is 9.28. The average Bonchev–Trinajstić information content (AvgIpc) is 2.40. The van der Waals surface area contributed by atoms with Gasteiger partial charge in [0.1, 0.15) is 12.6 Å². The van der Waals surface area contributed by atoms with Gasteiger partial charge in [-0.3, -0.25) is 0 Å². The van der Waals surface area contributed by atoms with Crippen LogP contribution < -0.4 is 10.8 Å². The van der Waals surface area contributed by atoms with E-state index in [2.05, 4.69) is 26.5 Å². The lowest BCUT2D eigenvalue weighted by Crippen LogP contribution is -2.51. The largest absolute Gasteiger partial charge is 0.530 e. The van der Waals surface area contributed by atoms with Crippen molar-refractivity contribution >= 4 is 30.1 Å². The Labute approximate surface area is 147 Å². The predicted octanol–water partition coefficient (Wildman–Crippen LogP) is 2.10. The SMILES string of the molecule is CCCC[N+](CCO)(CCCC)CCCC.I.NC(=O)[O-]. The Bertz CT molecular complexity index is 203. The van der Waals surface area contributed by atoms with E-state index in [1.54, 1.807) is 0 Å². The van der Waals surface area contributed by atoms with Gasteiger partial charge in [0.25, 0.3) is 0 Å². The minimum absolute atomic E-state index is 0. The molecule has 0 aliphatic heterocycles. The zero-order chi connectivity index (χ0) is 15.9. The molecule has 0 saturated carbocycles. The molecule has 0 bridgehead atoms. The minimum Gasteiger partial charge on any atom is -0.530 e. The lowest BCUT2D eigenvalue weighted by molar-refractivity contribution is -0.929. The third-order valence-corrected chi connectivity index (χ3v) is 3.53. The number of primary amides is 1. The molecule has 6 heteroatoms. The first kappa shape index (κ1) is 25.9. The van der Waals surface area contributed by atoms with Crippen LogP contribution in [0.5, 0.6) is 0 Å². The molecule has 0 aliphatic carbocycles. The van der Waals surface area contributed by atoms with Crippen LogP contribution in [0.3, 0.4) is 0 Å². The molecule has 0 rings (SSSR count). The molecule has 0 radical (unpaired) electrons. The molecular formula is C15H35IN2O3. The molecule has 0 aliphatic rings. The van der Waals surface area contributed by atoms with Gasteiger partial charge in [0.15, 0.2) is 0 Å². The number of amides is 1. The van der Waals surface area contributed by atoms with Crippen molar-refractivity contribution in [1.29, 1.82) is 0 Å². The Kier molecular flexibility index (Phi) is 22.1. The van der Waals surface area contributed by atoms with E-state index in [1.807, 2.05) is 0 Å². The number of aliphatic hydroxyl groups is 1. The number of carbonyl (C=O) groups excluding carboxylic acids is 1. The van der Waals surface area contributed by atoms with E-state index in [0.717, 1.165) is 11.0 Å². The Morgan fingerprint density at radius 2 is 1.24 bits per heavy atom. The third-order valence-electron chi connectivity index (χ3n) is 3.53. The molecule has 0 aromatic rings. The number of nitrogens with zero attached hydrogens (tertiary/aromatic N) is 1. The fourth-order valence-corrected chi connectivity index (χ4v) is 2.36. The van der Waals surface area contributed by atoms with Gasteiger partial charge in [-0.1, -0.05) is 40.0 Å². The van der Waals surface area contributed by atoms with Crippen LogP contribution in [0.2, 0.25) is 0 Å². The molecule has 5 nitrogen and oxygen atoms in total. The lowest BCUT2D eigenvalue weighted by Gasteiger charge is -2.38. The molecule has 3 N–H and O–H groups in total. The van der Waals surface area contributed by atoms with Gasteiger partial charge in [-0.25, -0.2) is 0 Å². The van der Waals surface area contributed by atoms with Crippen molar-refractivity contribution in [1.82, 2.24) is 0 Å². The number of nitrogens with two attached hydrogens (primary N) is 1. The monoisotopic (exact) mass is 418 g/mol. The zero-order valence-corrected chi connectivity index (χ0v) is 16.3. The summed E-state index contributed by atoms with van der Waals surface area (Å²) in [7, 11) is 0. The first-order valence-electron chi connectivity index (χ1n) is 7.90.